The average molecular weight is 230 g/mol. The Labute approximate surface area is 104 Å². The van der Waals surface area contributed by atoms with Crippen molar-refractivity contribution in [1.82, 2.24) is 0 Å². The highest BCUT2D eigenvalue weighted by atomic mass is 16.5. The summed E-state index contributed by atoms with van der Waals surface area (Å²) in [5, 5.41) is 0. The summed E-state index contributed by atoms with van der Waals surface area (Å²) < 4.78 is 5.45. The highest BCUT2D eigenvalue weighted by molar-refractivity contribution is 5.73. The molecule has 0 amide bonds. The van der Waals surface area contributed by atoms with E-state index in [4.69, 9.17) is 4.74 Å². The van der Waals surface area contributed by atoms with Crippen LogP contribution < -0.4 is 4.74 Å². The third-order valence-electron chi connectivity index (χ3n) is 3.85. The third kappa shape index (κ3) is 1.99. The SMILES string of the molecule is CCC1=CCC(C)(C)c2cc(OC)c(C)cc21. The second-order valence-corrected chi connectivity index (χ2v) is 5.54. The van der Waals surface area contributed by atoms with Gasteiger partial charge in [-0.15, -0.1) is 0 Å². The summed E-state index contributed by atoms with van der Waals surface area (Å²) >= 11 is 0. The van der Waals surface area contributed by atoms with E-state index in [2.05, 4.69) is 45.9 Å². The fourth-order valence-corrected chi connectivity index (χ4v) is 2.67. The van der Waals surface area contributed by atoms with Crippen LogP contribution in [0.1, 0.15) is 50.3 Å². The fraction of sp³-hybridized carbons (Fsp3) is 0.500. The summed E-state index contributed by atoms with van der Waals surface area (Å²) in [5.41, 5.74) is 5.77. The van der Waals surface area contributed by atoms with Crippen LogP contribution in [0.4, 0.5) is 0 Å². The lowest BCUT2D eigenvalue weighted by atomic mass is 9.72. The Hall–Kier alpha value is -1.24. The minimum atomic E-state index is 0.217. The van der Waals surface area contributed by atoms with Crippen LogP contribution in [-0.4, -0.2) is 7.11 Å². The zero-order chi connectivity index (χ0) is 12.6. The third-order valence-corrected chi connectivity index (χ3v) is 3.85. The van der Waals surface area contributed by atoms with Crippen molar-refractivity contribution in [1.29, 1.82) is 0 Å². The largest absolute Gasteiger partial charge is 0.496 e. The van der Waals surface area contributed by atoms with Crippen LogP contribution >= 0.6 is 0 Å². The number of fused-ring (bicyclic) bond motifs is 1. The first kappa shape index (κ1) is 12.2. The van der Waals surface area contributed by atoms with Gasteiger partial charge >= 0.3 is 0 Å². The number of hydrogen-bond acceptors (Lipinski definition) is 1. The molecule has 0 atom stereocenters. The van der Waals surface area contributed by atoms with Gasteiger partial charge < -0.3 is 4.74 Å². The Morgan fingerprint density at radius 3 is 2.59 bits per heavy atom. The Balaban J connectivity index is 2.65. The molecule has 1 aromatic carbocycles. The van der Waals surface area contributed by atoms with Crippen LogP contribution in [0.25, 0.3) is 5.57 Å². The zero-order valence-electron chi connectivity index (χ0n) is 11.6. The van der Waals surface area contributed by atoms with Crippen LogP contribution in [0.15, 0.2) is 18.2 Å². The van der Waals surface area contributed by atoms with Gasteiger partial charge in [-0.2, -0.15) is 0 Å². The van der Waals surface area contributed by atoms with Gasteiger partial charge in [0.1, 0.15) is 5.75 Å². The molecule has 1 aromatic rings. The normalized spacial score (nSPS) is 17.4. The summed E-state index contributed by atoms with van der Waals surface area (Å²) in [6, 6.07) is 4.51. The summed E-state index contributed by atoms with van der Waals surface area (Å²) in [6.45, 7) is 8.97. The van der Waals surface area contributed by atoms with Crippen molar-refractivity contribution in [2.24, 2.45) is 0 Å². The maximum Gasteiger partial charge on any atom is 0.122 e. The Morgan fingerprint density at radius 2 is 2.00 bits per heavy atom. The van der Waals surface area contributed by atoms with E-state index in [1.54, 1.807) is 7.11 Å². The molecule has 0 unspecified atom stereocenters. The number of methoxy groups -OCH3 is 1. The number of ether oxygens (including phenoxy) is 1. The molecule has 1 aliphatic carbocycles. The molecule has 0 radical (unpaired) electrons. The van der Waals surface area contributed by atoms with Crippen molar-refractivity contribution in [3.05, 3.63) is 34.9 Å². The van der Waals surface area contributed by atoms with E-state index >= 15 is 0 Å². The van der Waals surface area contributed by atoms with Crippen molar-refractivity contribution < 1.29 is 4.74 Å². The van der Waals surface area contributed by atoms with Crippen molar-refractivity contribution >= 4 is 5.57 Å². The molecule has 0 saturated heterocycles. The molecule has 0 bridgehead atoms. The Bertz CT molecular complexity index is 467. The van der Waals surface area contributed by atoms with Gasteiger partial charge in [-0.05, 0) is 59.6 Å². The number of benzene rings is 1. The van der Waals surface area contributed by atoms with Crippen molar-refractivity contribution in [3.8, 4) is 5.75 Å². The second kappa shape index (κ2) is 4.21. The molecule has 0 N–H and O–H groups in total. The molecule has 0 fully saturated rings. The van der Waals surface area contributed by atoms with E-state index in [-0.39, 0.29) is 5.41 Å². The van der Waals surface area contributed by atoms with Gasteiger partial charge in [-0.1, -0.05) is 26.8 Å². The van der Waals surface area contributed by atoms with Gasteiger partial charge in [0.2, 0.25) is 0 Å². The molecule has 2 rings (SSSR count). The van der Waals surface area contributed by atoms with Gasteiger partial charge in [0.05, 0.1) is 7.11 Å². The van der Waals surface area contributed by atoms with Gasteiger partial charge in [-0.3, -0.25) is 0 Å². The van der Waals surface area contributed by atoms with Crippen molar-refractivity contribution in [3.63, 3.8) is 0 Å². The molecule has 0 heterocycles. The molecular formula is C16H22O. The lowest BCUT2D eigenvalue weighted by Gasteiger charge is -2.32. The van der Waals surface area contributed by atoms with Gasteiger partial charge in [0.25, 0.3) is 0 Å². The number of aryl methyl sites for hydroxylation is 1. The first-order valence-electron chi connectivity index (χ1n) is 6.38. The van der Waals surface area contributed by atoms with Crippen LogP contribution in [0.5, 0.6) is 5.75 Å². The van der Waals surface area contributed by atoms with Crippen molar-refractivity contribution in [2.45, 2.75) is 46.0 Å². The van der Waals surface area contributed by atoms with E-state index in [9.17, 15) is 0 Å². The monoisotopic (exact) mass is 230 g/mol. The predicted octanol–water partition coefficient (Wildman–Crippen LogP) is 4.48. The topological polar surface area (TPSA) is 9.23 Å². The molecule has 0 aliphatic heterocycles. The van der Waals surface area contributed by atoms with E-state index in [1.165, 1.54) is 22.3 Å². The average Bonchev–Trinajstić information content (AvgIpc) is 2.28. The number of hydrogen-bond donors (Lipinski definition) is 0. The first-order chi connectivity index (χ1) is 7.99. The minimum Gasteiger partial charge on any atom is -0.496 e. The highest BCUT2D eigenvalue weighted by Gasteiger charge is 2.28. The Morgan fingerprint density at radius 1 is 1.29 bits per heavy atom. The van der Waals surface area contributed by atoms with Gasteiger partial charge in [-0.25, -0.2) is 0 Å². The number of allylic oxidation sites excluding steroid dienone is 2. The van der Waals surface area contributed by atoms with Crippen molar-refractivity contribution in [2.75, 3.05) is 7.11 Å². The lowest BCUT2D eigenvalue weighted by Crippen LogP contribution is -2.21. The van der Waals surface area contributed by atoms with Gasteiger partial charge in [0, 0.05) is 0 Å². The molecule has 1 aliphatic rings. The summed E-state index contributed by atoms with van der Waals surface area (Å²) in [7, 11) is 1.75. The maximum absolute atomic E-state index is 5.45. The van der Waals surface area contributed by atoms with Crippen LogP contribution in [0.2, 0.25) is 0 Å². The van der Waals surface area contributed by atoms with Gasteiger partial charge in [0.15, 0.2) is 0 Å². The molecule has 0 aromatic heterocycles. The minimum absolute atomic E-state index is 0.217. The first-order valence-corrected chi connectivity index (χ1v) is 6.38. The quantitative estimate of drug-likeness (QED) is 0.728. The van der Waals surface area contributed by atoms with E-state index in [0.717, 1.165) is 18.6 Å². The summed E-state index contributed by atoms with van der Waals surface area (Å²) in [4.78, 5) is 0. The molecule has 92 valence electrons. The number of rotatable bonds is 2. The van der Waals surface area contributed by atoms with Crippen LogP contribution in [-0.2, 0) is 5.41 Å². The van der Waals surface area contributed by atoms with E-state index in [1.807, 2.05) is 0 Å². The van der Waals surface area contributed by atoms with Crippen LogP contribution in [0.3, 0.4) is 0 Å². The zero-order valence-corrected chi connectivity index (χ0v) is 11.6. The summed E-state index contributed by atoms with van der Waals surface area (Å²) in [6.07, 6.45) is 4.62. The molecular weight excluding hydrogens is 208 g/mol. The van der Waals surface area contributed by atoms with E-state index < -0.39 is 0 Å². The Kier molecular flexibility index (Phi) is 3.03. The molecule has 0 saturated carbocycles. The smallest absolute Gasteiger partial charge is 0.122 e. The molecule has 0 spiro atoms. The predicted molar refractivity (Wildman–Crippen MR) is 73.6 cm³/mol. The molecule has 1 heteroatoms. The highest BCUT2D eigenvalue weighted by Crippen LogP contribution is 2.42. The standard InChI is InChI=1S/C16H22O/c1-6-12-7-8-16(3,4)14-10-15(17-5)11(2)9-13(12)14/h7,9-10H,6,8H2,1-5H3. The van der Waals surface area contributed by atoms with E-state index in [0.29, 0.717) is 0 Å². The summed E-state index contributed by atoms with van der Waals surface area (Å²) in [5.74, 6) is 1.01. The second-order valence-electron chi connectivity index (χ2n) is 5.54. The molecule has 17 heavy (non-hydrogen) atoms. The van der Waals surface area contributed by atoms with Crippen LogP contribution in [0, 0.1) is 6.92 Å². The molecule has 1 nitrogen and oxygen atoms in total. The fourth-order valence-electron chi connectivity index (χ4n) is 2.67. The maximum atomic E-state index is 5.45. The lowest BCUT2D eigenvalue weighted by molar-refractivity contribution is 0.408.